The van der Waals surface area contributed by atoms with Crippen LogP contribution in [-0.2, 0) is 20.8 Å². The fourth-order valence-electron chi connectivity index (χ4n) is 2.85. The summed E-state index contributed by atoms with van der Waals surface area (Å²) in [5.74, 6) is -0.191. The van der Waals surface area contributed by atoms with Gasteiger partial charge in [0.25, 0.3) is 0 Å². The third kappa shape index (κ3) is 6.86. The van der Waals surface area contributed by atoms with Gasteiger partial charge in [-0.2, -0.15) is 13.2 Å². The van der Waals surface area contributed by atoms with E-state index in [-0.39, 0.29) is 52.6 Å². The molecule has 3 N–H and O–H groups in total. The van der Waals surface area contributed by atoms with Crippen molar-refractivity contribution in [2.24, 2.45) is 0 Å². The molecule has 3 rings (SSSR count). The summed E-state index contributed by atoms with van der Waals surface area (Å²) in [6, 6.07) is 5.95. The number of hydrogen-bond donors (Lipinski definition) is 3. The van der Waals surface area contributed by atoms with E-state index in [9.17, 15) is 26.4 Å². The number of carbonyl (C=O) groups excluding carboxylic acids is 1. The van der Waals surface area contributed by atoms with Crippen molar-refractivity contribution in [2.75, 3.05) is 30.1 Å². The number of aromatic nitrogens is 3. The maximum absolute atomic E-state index is 12.9. The number of aliphatic hydroxyl groups excluding tert-OH is 1. The van der Waals surface area contributed by atoms with Gasteiger partial charge in [-0.3, -0.25) is 9.78 Å². The zero-order valence-electron chi connectivity index (χ0n) is 18.4. The first-order valence-corrected chi connectivity index (χ1v) is 11.8. The van der Waals surface area contributed by atoms with Crippen LogP contribution in [0.1, 0.15) is 12.5 Å². The number of carbonyl (C=O) groups is 1. The van der Waals surface area contributed by atoms with Crippen LogP contribution >= 0.6 is 0 Å². The van der Waals surface area contributed by atoms with E-state index in [2.05, 4.69) is 25.6 Å². The monoisotopic (exact) mass is 511 g/mol. The lowest BCUT2D eigenvalue weighted by molar-refractivity contribution is -0.137. The minimum atomic E-state index is -4.57. The Kier molecular flexibility index (Phi) is 7.55. The predicted molar refractivity (Wildman–Crippen MR) is 120 cm³/mol. The minimum Gasteiger partial charge on any atom is -0.491 e. The molecule has 35 heavy (non-hydrogen) atoms. The van der Waals surface area contributed by atoms with Gasteiger partial charge in [0.15, 0.2) is 14.9 Å². The Labute approximate surface area is 198 Å². The fourth-order valence-corrected chi connectivity index (χ4v) is 3.45. The van der Waals surface area contributed by atoms with Crippen LogP contribution in [0.15, 0.2) is 47.8 Å². The molecular weight excluding hydrogens is 491 g/mol. The average molecular weight is 511 g/mol. The van der Waals surface area contributed by atoms with Crippen LogP contribution in [0.2, 0.25) is 0 Å². The molecule has 0 unspecified atom stereocenters. The molecule has 14 heteroatoms. The van der Waals surface area contributed by atoms with Gasteiger partial charge in [0.05, 0.1) is 23.6 Å². The molecule has 3 aromatic heterocycles. The molecule has 0 bridgehead atoms. The number of ether oxygens (including phenoxy) is 1. The average Bonchev–Trinajstić information content (AvgIpc) is 2.76. The molecule has 0 fully saturated rings. The number of anilines is 3. The Hall–Kier alpha value is -3.78. The summed E-state index contributed by atoms with van der Waals surface area (Å²) in [6.07, 6.45) is -1.66. The zero-order valence-corrected chi connectivity index (χ0v) is 19.2. The third-order valence-corrected chi connectivity index (χ3v) is 5.32. The lowest BCUT2D eigenvalue weighted by atomic mass is 10.1. The van der Waals surface area contributed by atoms with Gasteiger partial charge in [-0.15, -0.1) is 0 Å². The first-order chi connectivity index (χ1) is 16.4. The lowest BCUT2D eigenvalue weighted by Crippen LogP contribution is -2.10. The quantitative estimate of drug-likeness (QED) is 0.416. The van der Waals surface area contributed by atoms with Gasteiger partial charge in [0.2, 0.25) is 5.91 Å². The summed E-state index contributed by atoms with van der Waals surface area (Å²) in [6.45, 7) is 0.852. The second-order valence-electron chi connectivity index (χ2n) is 7.22. The van der Waals surface area contributed by atoms with E-state index in [1.54, 1.807) is 0 Å². The highest BCUT2D eigenvalue weighted by Gasteiger charge is 2.30. The minimum absolute atomic E-state index is 0.00833. The Morgan fingerprint density at radius 2 is 1.86 bits per heavy atom. The fraction of sp³-hybridized carbons (Fsp3) is 0.238. The first-order valence-electron chi connectivity index (χ1n) is 9.91. The summed E-state index contributed by atoms with van der Waals surface area (Å²) in [4.78, 5) is 23.5. The maximum Gasteiger partial charge on any atom is 0.417 e. The Bertz CT molecular complexity index is 1330. The van der Waals surface area contributed by atoms with Crippen molar-refractivity contribution < 1.29 is 36.2 Å². The highest BCUT2D eigenvalue weighted by molar-refractivity contribution is 7.90. The number of nitrogens with zero attached hydrogens (tertiary/aromatic N) is 3. The highest BCUT2D eigenvalue weighted by atomic mass is 32.2. The van der Waals surface area contributed by atoms with Crippen LogP contribution in [0.3, 0.4) is 0 Å². The van der Waals surface area contributed by atoms with E-state index in [1.807, 2.05) is 0 Å². The van der Waals surface area contributed by atoms with Crippen LogP contribution < -0.4 is 15.4 Å². The number of alkyl halides is 3. The Morgan fingerprint density at radius 1 is 1.11 bits per heavy atom. The van der Waals surface area contributed by atoms with Gasteiger partial charge in [-0.05, 0) is 12.1 Å². The molecule has 1 amide bonds. The van der Waals surface area contributed by atoms with E-state index in [4.69, 9.17) is 9.84 Å². The molecule has 3 heterocycles. The molecule has 186 valence electrons. The molecule has 0 spiro atoms. The van der Waals surface area contributed by atoms with Gasteiger partial charge < -0.3 is 20.5 Å². The standard InChI is InChI=1S/C21H20F3N5O5S/c1-12(31)27-18-9-17(15(11-26-18)16-4-3-13(10-25-16)21(22,23)24)28-19-7-14(34-6-5-30)8-20(29-19)35(2,32)33/h3-4,7-11,30H,5-6H2,1-2H3,(H2,26,27,28,29,31). The molecule has 10 nitrogen and oxygen atoms in total. The van der Waals surface area contributed by atoms with Gasteiger partial charge >= 0.3 is 6.18 Å². The molecule has 0 saturated heterocycles. The normalized spacial score (nSPS) is 11.7. The van der Waals surface area contributed by atoms with Crippen molar-refractivity contribution in [2.45, 2.75) is 18.1 Å². The van der Waals surface area contributed by atoms with E-state index in [0.717, 1.165) is 18.4 Å². The van der Waals surface area contributed by atoms with Gasteiger partial charge in [0.1, 0.15) is 24.0 Å². The van der Waals surface area contributed by atoms with Gasteiger partial charge in [-0.25, -0.2) is 18.4 Å². The van der Waals surface area contributed by atoms with E-state index in [0.29, 0.717) is 6.20 Å². The molecule has 0 aromatic carbocycles. The maximum atomic E-state index is 12.9. The number of sulfone groups is 1. The van der Waals surface area contributed by atoms with Crippen molar-refractivity contribution in [3.63, 3.8) is 0 Å². The largest absolute Gasteiger partial charge is 0.491 e. The number of rotatable bonds is 8. The molecule has 0 aliphatic carbocycles. The van der Waals surface area contributed by atoms with Crippen molar-refractivity contribution in [3.05, 3.63) is 48.3 Å². The van der Waals surface area contributed by atoms with E-state index >= 15 is 0 Å². The molecule has 0 aliphatic heterocycles. The Balaban J connectivity index is 2.09. The molecule has 3 aromatic rings. The van der Waals surface area contributed by atoms with Crippen LogP contribution in [-0.4, -0.2) is 53.9 Å². The van der Waals surface area contributed by atoms with Crippen molar-refractivity contribution in [1.82, 2.24) is 15.0 Å². The van der Waals surface area contributed by atoms with E-state index < -0.39 is 27.5 Å². The van der Waals surface area contributed by atoms with Crippen molar-refractivity contribution in [3.8, 4) is 17.0 Å². The van der Waals surface area contributed by atoms with E-state index in [1.165, 1.54) is 31.3 Å². The second-order valence-corrected chi connectivity index (χ2v) is 9.18. The molecule has 0 aliphatic rings. The topological polar surface area (TPSA) is 143 Å². The number of halogens is 3. The van der Waals surface area contributed by atoms with Crippen molar-refractivity contribution in [1.29, 1.82) is 0 Å². The second kappa shape index (κ2) is 10.2. The Morgan fingerprint density at radius 3 is 2.43 bits per heavy atom. The van der Waals surface area contributed by atoms with Gasteiger partial charge in [-0.1, -0.05) is 0 Å². The first kappa shape index (κ1) is 25.8. The van der Waals surface area contributed by atoms with Crippen LogP contribution in [0.4, 0.5) is 30.5 Å². The summed E-state index contributed by atoms with van der Waals surface area (Å²) in [7, 11) is -3.75. The summed E-state index contributed by atoms with van der Waals surface area (Å²) < 4.78 is 68.3. The van der Waals surface area contributed by atoms with Crippen LogP contribution in [0.5, 0.6) is 5.75 Å². The predicted octanol–water partition coefficient (Wildman–Crippen LogP) is 3.03. The number of aliphatic hydroxyl groups is 1. The van der Waals surface area contributed by atoms with Gasteiger partial charge in [0, 0.05) is 49.3 Å². The highest BCUT2D eigenvalue weighted by Crippen LogP contribution is 2.34. The summed E-state index contributed by atoms with van der Waals surface area (Å²) in [5, 5.41) is 14.1. The van der Waals surface area contributed by atoms with Crippen molar-refractivity contribution >= 4 is 33.1 Å². The van der Waals surface area contributed by atoms with Crippen LogP contribution in [0, 0.1) is 0 Å². The molecule has 0 saturated carbocycles. The zero-order chi connectivity index (χ0) is 25.8. The molecular formula is C21H20F3N5O5S. The summed E-state index contributed by atoms with van der Waals surface area (Å²) in [5.41, 5.74) is -0.357. The summed E-state index contributed by atoms with van der Waals surface area (Å²) >= 11 is 0. The third-order valence-electron chi connectivity index (χ3n) is 4.35. The lowest BCUT2D eigenvalue weighted by Gasteiger charge is -2.15. The number of pyridine rings is 3. The molecule has 0 radical (unpaired) electrons. The SMILES string of the molecule is CC(=O)Nc1cc(Nc2cc(OCCO)cc(S(C)(=O)=O)n2)c(-c2ccc(C(F)(F)F)cn2)cn1. The smallest absolute Gasteiger partial charge is 0.417 e. The number of hydrogen-bond acceptors (Lipinski definition) is 9. The number of amides is 1. The van der Waals surface area contributed by atoms with Crippen LogP contribution in [0.25, 0.3) is 11.3 Å². The number of nitrogens with one attached hydrogen (secondary N) is 2. The molecule has 0 atom stereocenters.